The Balaban J connectivity index is 3.14. The van der Waals surface area contributed by atoms with Gasteiger partial charge >= 0.3 is 0 Å². The van der Waals surface area contributed by atoms with E-state index in [1.54, 1.807) is 0 Å². The van der Waals surface area contributed by atoms with E-state index in [1.807, 2.05) is 0 Å². The van der Waals surface area contributed by atoms with E-state index >= 15 is 0 Å². The van der Waals surface area contributed by atoms with E-state index in [0.717, 1.165) is 56.9 Å². The summed E-state index contributed by atoms with van der Waals surface area (Å²) in [6.45, 7) is 9.66. The highest BCUT2D eigenvalue weighted by Crippen LogP contribution is 2.46. The van der Waals surface area contributed by atoms with Gasteiger partial charge in [0.1, 0.15) is 0 Å². The second-order valence-electron chi connectivity index (χ2n) is 12.3. The Labute approximate surface area is 249 Å². The monoisotopic (exact) mass is 561 g/mol. The van der Waals surface area contributed by atoms with Gasteiger partial charge in [0.2, 0.25) is 5.75 Å². The minimum Gasteiger partial charge on any atom is -0.504 e. The minimum absolute atomic E-state index is 0.00206. The van der Waals surface area contributed by atoms with Crippen molar-refractivity contribution in [3.63, 3.8) is 0 Å². The highest BCUT2D eigenvalue weighted by molar-refractivity contribution is 5.62. The SMILES string of the molecule is CCCCCCCCc1c(O)c(O)c(OCCCCCCC)c(CCCCCCCC)c1CCCCCCCC. The van der Waals surface area contributed by atoms with Crippen LogP contribution in [0.15, 0.2) is 0 Å². The van der Waals surface area contributed by atoms with Crippen molar-refractivity contribution in [3.8, 4) is 17.2 Å². The van der Waals surface area contributed by atoms with Gasteiger partial charge < -0.3 is 14.9 Å². The van der Waals surface area contributed by atoms with E-state index in [-0.39, 0.29) is 11.5 Å². The molecule has 3 nitrogen and oxygen atoms in total. The lowest BCUT2D eigenvalue weighted by Crippen LogP contribution is -2.08. The summed E-state index contributed by atoms with van der Waals surface area (Å²) in [5.74, 6) is 0.693. The van der Waals surface area contributed by atoms with E-state index in [2.05, 4.69) is 27.7 Å². The zero-order valence-electron chi connectivity index (χ0n) is 27.4. The zero-order chi connectivity index (χ0) is 29.3. The van der Waals surface area contributed by atoms with Crippen LogP contribution in [0.2, 0.25) is 0 Å². The normalized spacial score (nSPS) is 11.4. The van der Waals surface area contributed by atoms with Crippen LogP contribution in [0.3, 0.4) is 0 Å². The van der Waals surface area contributed by atoms with Crippen LogP contribution in [0.1, 0.15) is 192 Å². The first-order valence-electron chi connectivity index (χ1n) is 17.8. The molecular weight excluding hydrogens is 492 g/mol. The summed E-state index contributed by atoms with van der Waals surface area (Å²) >= 11 is 0. The van der Waals surface area contributed by atoms with Gasteiger partial charge in [-0.05, 0) is 50.5 Å². The van der Waals surface area contributed by atoms with Gasteiger partial charge in [-0.2, -0.15) is 0 Å². The van der Waals surface area contributed by atoms with Crippen molar-refractivity contribution >= 4 is 0 Å². The highest BCUT2D eigenvalue weighted by atomic mass is 16.5. The Morgan fingerprint density at radius 1 is 0.375 bits per heavy atom. The maximum absolute atomic E-state index is 11.3. The number of ether oxygens (including phenoxy) is 1. The average molecular weight is 561 g/mol. The summed E-state index contributed by atoms with van der Waals surface area (Å²) in [5, 5.41) is 22.6. The predicted molar refractivity (Wildman–Crippen MR) is 175 cm³/mol. The van der Waals surface area contributed by atoms with E-state index < -0.39 is 0 Å². The van der Waals surface area contributed by atoms with Crippen LogP contribution in [0.5, 0.6) is 17.2 Å². The number of unbranched alkanes of at least 4 members (excludes halogenated alkanes) is 19. The predicted octanol–water partition coefficient (Wildman–Crippen LogP) is 12.2. The molecule has 0 saturated carbocycles. The number of phenols is 2. The third-order valence-corrected chi connectivity index (χ3v) is 8.56. The molecule has 0 bridgehead atoms. The van der Waals surface area contributed by atoms with Gasteiger partial charge in [0.25, 0.3) is 0 Å². The van der Waals surface area contributed by atoms with Crippen LogP contribution in [0, 0.1) is 0 Å². The third kappa shape index (κ3) is 15.6. The quantitative estimate of drug-likeness (QED) is 0.0791. The molecule has 0 unspecified atom stereocenters. The van der Waals surface area contributed by atoms with Gasteiger partial charge in [-0.15, -0.1) is 0 Å². The molecule has 3 heteroatoms. The van der Waals surface area contributed by atoms with Gasteiger partial charge in [0, 0.05) is 11.1 Å². The van der Waals surface area contributed by atoms with Crippen LogP contribution in [-0.2, 0) is 19.3 Å². The third-order valence-electron chi connectivity index (χ3n) is 8.56. The van der Waals surface area contributed by atoms with Crippen LogP contribution in [-0.4, -0.2) is 16.8 Å². The molecule has 2 N–H and O–H groups in total. The van der Waals surface area contributed by atoms with E-state index in [9.17, 15) is 10.2 Å². The fraction of sp³-hybridized carbons (Fsp3) is 0.838. The average Bonchev–Trinajstić information content (AvgIpc) is 2.96. The second kappa shape index (κ2) is 25.3. The Bertz CT molecular complexity index is 666. The van der Waals surface area contributed by atoms with Gasteiger partial charge in [0.05, 0.1) is 6.61 Å². The fourth-order valence-corrected chi connectivity index (χ4v) is 5.97. The summed E-state index contributed by atoms with van der Waals surface area (Å²) in [5.41, 5.74) is 3.51. The van der Waals surface area contributed by atoms with Crippen molar-refractivity contribution in [1.29, 1.82) is 0 Å². The summed E-state index contributed by atoms with van der Waals surface area (Å²) in [7, 11) is 0. The molecule has 0 aliphatic rings. The van der Waals surface area contributed by atoms with Crippen LogP contribution < -0.4 is 4.74 Å². The summed E-state index contributed by atoms with van der Waals surface area (Å²) in [6, 6.07) is 0. The molecule has 1 aromatic carbocycles. The molecule has 0 radical (unpaired) electrons. The minimum atomic E-state index is 0.00206. The van der Waals surface area contributed by atoms with E-state index in [4.69, 9.17) is 4.74 Å². The molecule has 0 heterocycles. The summed E-state index contributed by atoms with van der Waals surface area (Å²) < 4.78 is 6.34. The summed E-state index contributed by atoms with van der Waals surface area (Å²) in [4.78, 5) is 0. The molecule has 0 amide bonds. The first kappa shape index (κ1) is 36.6. The summed E-state index contributed by atoms with van der Waals surface area (Å²) in [6.07, 6.45) is 31.2. The van der Waals surface area contributed by atoms with Crippen molar-refractivity contribution in [2.75, 3.05) is 6.61 Å². The number of aromatic hydroxyl groups is 2. The van der Waals surface area contributed by atoms with E-state index in [0.29, 0.717) is 12.4 Å². The molecule has 40 heavy (non-hydrogen) atoms. The highest BCUT2D eigenvalue weighted by Gasteiger charge is 2.24. The molecule has 234 valence electrons. The maximum atomic E-state index is 11.3. The fourth-order valence-electron chi connectivity index (χ4n) is 5.97. The van der Waals surface area contributed by atoms with Crippen molar-refractivity contribution in [1.82, 2.24) is 0 Å². The largest absolute Gasteiger partial charge is 0.504 e. The van der Waals surface area contributed by atoms with Gasteiger partial charge in [-0.1, -0.05) is 150 Å². The molecule has 0 fully saturated rings. The number of hydrogen-bond acceptors (Lipinski definition) is 3. The molecule has 0 aromatic heterocycles. The Hall–Kier alpha value is -1.38. The Morgan fingerprint density at radius 2 is 0.725 bits per heavy atom. The first-order chi connectivity index (χ1) is 19.6. The van der Waals surface area contributed by atoms with Gasteiger partial charge in [0.15, 0.2) is 11.5 Å². The molecule has 0 aliphatic heterocycles. The van der Waals surface area contributed by atoms with E-state index in [1.165, 1.54) is 127 Å². The van der Waals surface area contributed by atoms with Crippen LogP contribution in [0.4, 0.5) is 0 Å². The molecule has 0 spiro atoms. The standard InChI is InChI=1S/C37H68O3/c1-5-9-13-17-20-24-28-32-33(29-25-21-18-14-10-6-2)35(38)36(39)37(40-31-27-23-16-12-8-4)34(32)30-26-22-19-15-11-7-3/h38-39H,5-31H2,1-4H3. The molecule has 0 atom stereocenters. The second-order valence-corrected chi connectivity index (χ2v) is 12.3. The van der Waals surface area contributed by atoms with Crippen molar-refractivity contribution < 1.29 is 14.9 Å². The van der Waals surface area contributed by atoms with Crippen molar-refractivity contribution in [3.05, 3.63) is 16.7 Å². The Kier molecular flexibility index (Phi) is 23.2. The lowest BCUT2D eigenvalue weighted by Gasteiger charge is -2.23. The van der Waals surface area contributed by atoms with Gasteiger partial charge in [-0.25, -0.2) is 0 Å². The van der Waals surface area contributed by atoms with Crippen molar-refractivity contribution in [2.24, 2.45) is 0 Å². The molecule has 0 saturated heterocycles. The van der Waals surface area contributed by atoms with Crippen LogP contribution in [0.25, 0.3) is 0 Å². The molecule has 0 aliphatic carbocycles. The van der Waals surface area contributed by atoms with Gasteiger partial charge in [-0.3, -0.25) is 0 Å². The number of rotatable bonds is 28. The molecule has 1 aromatic rings. The van der Waals surface area contributed by atoms with Crippen LogP contribution >= 0.6 is 0 Å². The molecule has 1 rings (SSSR count). The lowest BCUT2D eigenvalue weighted by molar-refractivity contribution is 0.278. The van der Waals surface area contributed by atoms with Crippen molar-refractivity contribution in [2.45, 2.75) is 195 Å². The molecular formula is C37H68O3. The topological polar surface area (TPSA) is 49.7 Å². The number of benzene rings is 1. The number of phenolic OH excluding ortho intramolecular Hbond substituents is 2. The lowest BCUT2D eigenvalue weighted by atomic mass is 9.88. The Morgan fingerprint density at radius 3 is 1.18 bits per heavy atom. The first-order valence-corrected chi connectivity index (χ1v) is 17.8. The maximum Gasteiger partial charge on any atom is 0.201 e. The zero-order valence-corrected chi connectivity index (χ0v) is 27.4. The smallest absolute Gasteiger partial charge is 0.201 e. The number of hydrogen-bond donors (Lipinski definition) is 2.